The fourth-order valence-electron chi connectivity index (χ4n) is 4.12. The minimum atomic E-state index is -1.06. The lowest BCUT2D eigenvalue weighted by molar-refractivity contribution is -0.394. The van der Waals surface area contributed by atoms with Crippen LogP contribution in [0.1, 0.15) is 57.8 Å². The number of nitro benzene ring substituents is 2. The number of cyclic esters (lactones) is 1. The van der Waals surface area contributed by atoms with Crippen LogP contribution in [0.4, 0.5) is 11.4 Å². The van der Waals surface area contributed by atoms with E-state index in [-0.39, 0.29) is 11.7 Å². The zero-order valence-electron chi connectivity index (χ0n) is 20.3. The molecule has 1 aromatic carbocycles. The van der Waals surface area contributed by atoms with Gasteiger partial charge in [0, 0.05) is 24.0 Å². The van der Waals surface area contributed by atoms with Crippen LogP contribution in [0, 0.1) is 43.9 Å². The van der Waals surface area contributed by atoms with Crippen molar-refractivity contribution in [3.05, 3.63) is 56.1 Å². The Hall–Kier alpha value is -3.63. The Balaban J connectivity index is 2.44. The van der Waals surface area contributed by atoms with Crippen LogP contribution in [0.5, 0.6) is 0 Å². The Kier molecular flexibility index (Phi) is 9.21. The van der Waals surface area contributed by atoms with Crippen LogP contribution < -0.4 is 0 Å². The van der Waals surface area contributed by atoms with Crippen LogP contribution in [-0.2, 0) is 19.1 Å². The van der Waals surface area contributed by atoms with Gasteiger partial charge in [-0.3, -0.25) is 29.8 Å². The highest BCUT2D eigenvalue weighted by Gasteiger charge is 2.37. The fourth-order valence-corrected chi connectivity index (χ4v) is 4.12. The molecule has 0 spiro atoms. The molecule has 11 heteroatoms. The lowest BCUT2D eigenvalue weighted by atomic mass is 9.84. The summed E-state index contributed by atoms with van der Waals surface area (Å²) in [5, 5.41) is 22.4. The quantitative estimate of drug-likeness (QED) is 0.331. The molecule has 190 valence electrons. The Morgan fingerprint density at radius 3 is 2.14 bits per heavy atom. The van der Waals surface area contributed by atoms with E-state index in [1.807, 2.05) is 13.8 Å². The van der Waals surface area contributed by atoms with Gasteiger partial charge in [0.15, 0.2) is 5.78 Å². The molecule has 6 atom stereocenters. The number of ether oxygens (including phenoxy) is 2. The monoisotopic (exact) mass is 490 g/mol. The van der Waals surface area contributed by atoms with Crippen molar-refractivity contribution in [2.75, 3.05) is 0 Å². The smallest absolute Gasteiger partial charge is 0.338 e. The molecule has 0 radical (unpaired) electrons. The van der Waals surface area contributed by atoms with Gasteiger partial charge in [0.2, 0.25) is 0 Å². The zero-order valence-corrected chi connectivity index (χ0v) is 20.3. The first-order valence-electron chi connectivity index (χ1n) is 11.4. The van der Waals surface area contributed by atoms with Crippen LogP contribution in [-0.4, -0.2) is 39.8 Å². The van der Waals surface area contributed by atoms with E-state index < -0.39 is 68.7 Å². The van der Waals surface area contributed by atoms with Crippen LogP contribution in [0.25, 0.3) is 0 Å². The summed E-state index contributed by atoms with van der Waals surface area (Å²) in [6, 6.07) is 2.50. The molecule has 1 aromatic rings. The molecule has 0 unspecified atom stereocenters. The average molecular weight is 491 g/mol. The predicted molar refractivity (Wildman–Crippen MR) is 125 cm³/mol. The molecular formula is C24H30N2O9. The average Bonchev–Trinajstić information content (AvgIpc) is 2.81. The Bertz CT molecular complexity index is 1000. The maximum Gasteiger partial charge on any atom is 0.338 e. The van der Waals surface area contributed by atoms with Crippen molar-refractivity contribution in [3.8, 4) is 0 Å². The summed E-state index contributed by atoms with van der Waals surface area (Å²) in [6.07, 6.45) is 2.47. The lowest BCUT2D eigenvalue weighted by Gasteiger charge is -2.31. The molecule has 0 saturated carbocycles. The molecule has 2 rings (SSSR count). The van der Waals surface area contributed by atoms with Crippen molar-refractivity contribution in [3.63, 3.8) is 0 Å². The zero-order chi connectivity index (χ0) is 26.4. The number of hydrogen-bond donors (Lipinski definition) is 0. The highest BCUT2D eigenvalue weighted by atomic mass is 16.6. The number of allylic oxidation sites excluding steroid dienone is 1. The van der Waals surface area contributed by atoms with E-state index in [2.05, 4.69) is 0 Å². The summed E-state index contributed by atoms with van der Waals surface area (Å²) >= 11 is 0. The summed E-state index contributed by atoms with van der Waals surface area (Å²) in [6.45, 7) is 8.68. The largest absolute Gasteiger partial charge is 0.461 e. The van der Waals surface area contributed by atoms with Gasteiger partial charge in [-0.05, 0) is 31.8 Å². The molecule has 0 aromatic heterocycles. The van der Waals surface area contributed by atoms with Crippen molar-refractivity contribution in [1.29, 1.82) is 0 Å². The van der Waals surface area contributed by atoms with Gasteiger partial charge in [-0.1, -0.05) is 33.8 Å². The number of non-ortho nitro benzene ring substituents is 2. The van der Waals surface area contributed by atoms with Crippen LogP contribution in [0.2, 0.25) is 0 Å². The third-order valence-electron chi connectivity index (χ3n) is 6.26. The van der Waals surface area contributed by atoms with Crippen molar-refractivity contribution in [2.45, 2.75) is 59.7 Å². The lowest BCUT2D eigenvalue weighted by Crippen LogP contribution is -2.40. The minimum Gasteiger partial charge on any atom is -0.461 e. The van der Waals surface area contributed by atoms with Crippen LogP contribution >= 0.6 is 0 Å². The van der Waals surface area contributed by atoms with Crippen molar-refractivity contribution >= 4 is 29.1 Å². The molecule has 0 saturated heterocycles. The minimum absolute atomic E-state index is 0.113. The SMILES string of the molecule is CC[C@H]1OC(=O)[C@H](C)[C@@H](OC(=O)c2cc([N+](=O)[O-])cc([N+](=O)[O-])c2)[C@@H](C)C[C@@H](C)C(=O)/C=C/[C@H]1C. The van der Waals surface area contributed by atoms with Crippen molar-refractivity contribution < 1.29 is 33.7 Å². The summed E-state index contributed by atoms with van der Waals surface area (Å²) < 4.78 is 11.3. The first kappa shape index (κ1) is 27.6. The number of esters is 2. The van der Waals surface area contributed by atoms with E-state index in [0.29, 0.717) is 12.8 Å². The molecule has 0 fully saturated rings. The van der Waals surface area contributed by atoms with E-state index in [1.165, 1.54) is 13.0 Å². The second-order valence-electron chi connectivity index (χ2n) is 9.03. The number of ketones is 1. The highest BCUT2D eigenvalue weighted by Crippen LogP contribution is 2.30. The van der Waals surface area contributed by atoms with E-state index in [1.54, 1.807) is 19.9 Å². The van der Waals surface area contributed by atoms with Crippen molar-refractivity contribution in [1.82, 2.24) is 0 Å². The summed E-state index contributed by atoms with van der Waals surface area (Å²) in [4.78, 5) is 59.2. The standard InChI is InChI=1S/C24H30N2O9/c1-6-21-13(2)7-8-20(27)14(3)9-15(4)22(16(5)23(28)34-21)35-24(29)17-10-18(25(30)31)12-19(11-17)26(32)33/h7-8,10-16,21-22H,6,9H2,1-5H3/b8-7+/t13-,14-,15+,16-,21-,22+/m1/s1. The Morgan fingerprint density at radius 2 is 1.63 bits per heavy atom. The fraction of sp³-hybridized carbons (Fsp3) is 0.542. The number of carbonyl (C=O) groups is 3. The molecule has 1 aliphatic rings. The number of benzene rings is 1. The number of hydrogen-bond acceptors (Lipinski definition) is 9. The van der Waals surface area contributed by atoms with Crippen molar-refractivity contribution in [2.24, 2.45) is 23.7 Å². The number of carbonyl (C=O) groups excluding carboxylic acids is 3. The number of rotatable bonds is 5. The first-order valence-corrected chi connectivity index (χ1v) is 11.4. The maximum atomic E-state index is 13.0. The number of nitrogens with zero attached hydrogens (tertiary/aromatic N) is 2. The van der Waals surface area contributed by atoms with Crippen LogP contribution in [0.15, 0.2) is 30.4 Å². The third kappa shape index (κ3) is 6.93. The van der Waals surface area contributed by atoms with E-state index >= 15 is 0 Å². The second kappa shape index (κ2) is 11.7. The van der Waals surface area contributed by atoms with Gasteiger partial charge in [-0.2, -0.15) is 0 Å². The van der Waals surface area contributed by atoms with Gasteiger partial charge in [0.25, 0.3) is 11.4 Å². The second-order valence-corrected chi connectivity index (χ2v) is 9.03. The van der Waals surface area contributed by atoms with Crippen LogP contribution in [0.3, 0.4) is 0 Å². The molecule has 11 nitrogen and oxygen atoms in total. The number of nitro groups is 2. The topological polar surface area (TPSA) is 156 Å². The van der Waals surface area contributed by atoms with E-state index in [0.717, 1.165) is 18.2 Å². The van der Waals surface area contributed by atoms with E-state index in [9.17, 15) is 34.6 Å². The van der Waals surface area contributed by atoms with Gasteiger partial charge < -0.3 is 9.47 Å². The van der Waals surface area contributed by atoms with Gasteiger partial charge in [0.05, 0.1) is 27.4 Å². The first-order chi connectivity index (χ1) is 16.3. The molecule has 35 heavy (non-hydrogen) atoms. The Morgan fingerprint density at radius 1 is 1.06 bits per heavy atom. The molecule has 0 aliphatic carbocycles. The normalized spacial score (nSPS) is 28.7. The molecular weight excluding hydrogens is 460 g/mol. The molecule has 1 aliphatic heterocycles. The molecule has 0 amide bonds. The maximum absolute atomic E-state index is 13.0. The molecule has 1 heterocycles. The highest BCUT2D eigenvalue weighted by molar-refractivity contribution is 5.92. The van der Waals surface area contributed by atoms with E-state index in [4.69, 9.17) is 9.47 Å². The molecule has 0 bridgehead atoms. The summed E-state index contributed by atoms with van der Waals surface area (Å²) in [5.41, 5.74) is -1.68. The van der Waals surface area contributed by atoms with Gasteiger partial charge >= 0.3 is 11.9 Å². The van der Waals surface area contributed by atoms with Gasteiger partial charge in [-0.15, -0.1) is 0 Å². The summed E-state index contributed by atoms with van der Waals surface area (Å²) in [5.74, 6) is -3.79. The molecule has 0 N–H and O–H groups in total. The summed E-state index contributed by atoms with van der Waals surface area (Å²) in [7, 11) is 0. The predicted octanol–water partition coefficient (Wildman–Crippen LogP) is 4.42. The Labute approximate surface area is 202 Å². The van der Waals surface area contributed by atoms with Gasteiger partial charge in [0.1, 0.15) is 12.2 Å². The van der Waals surface area contributed by atoms with Gasteiger partial charge in [-0.25, -0.2) is 4.79 Å². The third-order valence-corrected chi connectivity index (χ3v) is 6.26.